The SMILES string of the molecule is Cc1c(C(=O)NCCN(C)c2ccccc2)[nH]c2c1C(=O)CC(C)(C)C2. The summed E-state index contributed by atoms with van der Waals surface area (Å²) in [5.41, 5.74) is 3.96. The molecule has 0 atom stereocenters. The van der Waals surface area contributed by atoms with Crippen LogP contribution in [0.3, 0.4) is 0 Å². The lowest BCUT2D eigenvalue weighted by molar-refractivity contribution is 0.0909. The highest BCUT2D eigenvalue weighted by atomic mass is 16.2. The fourth-order valence-electron chi connectivity index (χ4n) is 3.70. The molecule has 2 aromatic rings. The molecule has 1 aromatic carbocycles. The van der Waals surface area contributed by atoms with E-state index in [4.69, 9.17) is 0 Å². The number of aromatic nitrogens is 1. The normalized spacial score (nSPS) is 15.5. The van der Waals surface area contributed by atoms with Crippen molar-refractivity contribution in [2.75, 3.05) is 25.0 Å². The molecule has 5 heteroatoms. The fraction of sp³-hybridized carbons (Fsp3) is 0.429. The zero-order valence-corrected chi connectivity index (χ0v) is 16.0. The Balaban J connectivity index is 1.65. The van der Waals surface area contributed by atoms with Gasteiger partial charge in [-0.25, -0.2) is 0 Å². The molecule has 0 saturated carbocycles. The van der Waals surface area contributed by atoms with E-state index >= 15 is 0 Å². The standard InChI is InChI=1S/C21H27N3O2/c1-14-18-16(12-21(2,3)13-17(18)25)23-19(14)20(26)22-10-11-24(4)15-8-6-5-7-9-15/h5-9,23H,10-13H2,1-4H3,(H,22,26). The predicted molar refractivity (Wildman–Crippen MR) is 104 cm³/mol. The summed E-state index contributed by atoms with van der Waals surface area (Å²) in [7, 11) is 2.00. The van der Waals surface area contributed by atoms with Gasteiger partial charge in [0.1, 0.15) is 5.69 Å². The largest absolute Gasteiger partial charge is 0.373 e. The van der Waals surface area contributed by atoms with Crippen LogP contribution in [0, 0.1) is 12.3 Å². The van der Waals surface area contributed by atoms with Crippen molar-refractivity contribution in [1.82, 2.24) is 10.3 Å². The number of hydrogen-bond donors (Lipinski definition) is 2. The number of nitrogens with one attached hydrogen (secondary N) is 2. The number of rotatable bonds is 5. The lowest BCUT2D eigenvalue weighted by atomic mass is 9.75. The van der Waals surface area contributed by atoms with Crippen molar-refractivity contribution in [2.45, 2.75) is 33.6 Å². The summed E-state index contributed by atoms with van der Waals surface area (Å²) in [5, 5.41) is 2.96. The first-order valence-electron chi connectivity index (χ1n) is 9.07. The number of fused-ring (bicyclic) bond motifs is 1. The van der Waals surface area contributed by atoms with Crippen LogP contribution in [0.25, 0.3) is 0 Å². The molecule has 0 bridgehead atoms. The van der Waals surface area contributed by atoms with E-state index in [1.807, 2.05) is 44.3 Å². The number of aromatic amines is 1. The van der Waals surface area contributed by atoms with Gasteiger partial charge in [0.15, 0.2) is 5.78 Å². The molecule has 1 aromatic heterocycles. The number of H-pyrrole nitrogens is 1. The van der Waals surface area contributed by atoms with Crippen LogP contribution in [-0.4, -0.2) is 36.8 Å². The predicted octanol–water partition coefficient (Wildman–Crippen LogP) is 3.34. The van der Waals surface area contributed by atoms with E-state index in [1.165, 1.54) is 0 Å². The first-order chi connectivity index (χ1) is 12.3. The molecule has 0 aliphatic heterocycles. The van der Waals surface area contributed by atoms with Gasteiger partial charge in [0, 0.05) is 43.5 Å². The minimum Gasteiger partial charge on any atom is -0.373 e. The smallest absolute Gasteiger partial charge is 0.268 e. The summed E-state index contributed by atoms with van der Waals surface area (Å²) in [6.07, 6.45) is 1.32. The van der Waals surface area contributed by atoms with Gasteiger partial charge in [0.05, 0.1) is 0 Å². The highest BCUT2D eigenvalue weighted by Gasteiger charge is 2.35. The molecule has 1 aliphatic rings. The lowest BCUT2D eigenvalue weighted by Gasteiger charge is -2.28. The molecular formula is C21H27N3O2. The Labute approximate surface area is 154 Å². The van der Waals surface area contributed by atoms with Gasteiger partial charge in [-0.15, -0.1) is 0 Å². The Morgan fingerprint density at radius 2 is 1.92 bits per heavy atom. The van der Waals surface area contributed by atoms with Crippen molar-refractivity contribution in [3.8, 4) is 0 Å². The molecule has 0 unspecified atom stereocenters. The number of carbonyl (C=O) groups is 2. The number of hydrogen-bond acceptors (Lipinski definition) is 3. The number of nitrogens with zero attached hydrogens (tertiary/aromatic N) is 1. The Morgan fingerprint density at radius 3 is 2.62 bits per heavy atom. The average Bonchev–Trinajstić information content (AvgIpc) is 2.90. The van der Waals surface area contributed by atoms with Crippen molar-refractivity contribution in [3.05, 3.63) is 52.8 Å². The Kier molecular flexibility index (Phi) is 4.90. The van der Waals surface area contributed by atoms with Crippen LogP contribution in [0.5, 0.6) is 0 Å². The van der Waals surface area contributed by atoms with E-state index in [-0.39, 0.29) is 17.1 Å². The Morgan fingerprint density at radius 1 is 1.23 bits per heavy atom. The first-order valence-corrected chi connectivity index (χ1v) is 9.07. The molecule has 0 saturated heterocycles. The maximum atomic E-state index is 12.6. The van der Waals surface area contributed by atoms with Crippen LogP contribution in [-0.2, 0) is 6.42 Å². The average molecular weight is 353 g/mol. The van der Waals surface area contributed by atoms with Crippen molar-refractivity contribution >= 4 is 17.4 Å². The quantitative estimate of drug-likeness (QED) is 0.866. The van der Waals surface area contributed by atoms with Crippen molar-refractivity contribution in [2.24, 2.45) is 5.41 Å². The van der Waals surface area contributed by atoms with E-state index in [0.29, 0.717) is 25.2 Å². The molecule has 138 valence electrons. The van der Waals surface area contributed by atoms with Crippen molar-refractivity contribution in [3.63, 3.8) is 0 Å². The number of amides is 1. The molecule has 1 aliphatic carbocycles. The number of carbonyl (C=O) groups excluding carboxylic acids is 2. The maximum Gasteiger partial charge on any atom is 0.268 e. The number of likely N-dealkylation sites (N-methyl/N-ethyl adjacent to an activating group) is 1. The zero-order valence-electron chi connectivity index (χ0n) is 16.0. The van der Waals surface area contributed by atoms with E-state index in [2.05, 4.69) is 29.0 Å². The monoisotopic (exact) mass is 353 g/mol. The van der Waals surface area contributed by atoms with Gasteiger partial charge < -0.3 is 15.2 Å². The zero-order chi connectivity index (χ0) is 18.9. The van der Waals surface area contributed by atoms with Crippen molar-refractivity contribution in [1.29, 1.82) is 0 Å². The highest BCUT2D eigenvalue weighted by molar-refractivity contribution is 6.04. The molecule has 0 fully saturated rings. The second-order valence-electron chi connectivity index (χ2n) is 7.93. The van der Waals surface area contributed by atoms with Gasteiger partial charge in [-0.1, -0.05) is 32.0 Å². The topological polar surface area (TPSA) is 65.2 Å². The van der Waals surface area contributed by atoms with Gasteiger partial charge in [-0.3, -0.25) is 9.59 Å². The lowest BCUT2D eigenvalue weighted by Crippen LogP contribution is -2.33. The minimum absolute atomic E-state index is 0.0620. The first kappa shape index (κ1) is 18.2. The molecule has 26 heavy (non-hydrogen) atoms. The Hall–Kier alpha value is -2.56. The number of ketones is 1. The van der Waals surface area contributed by atoms with Gasteiger partial charge in [-0.05, 0) is 36.5 Å². The minimum atomic E-state index is -0.149. The number of anilines is 1. The second kappa shape index (κ2) is 6.98. The van der Waals surface area contributed by atoms with Gasteiger partial charge in [0.2, 0.25) is 0 Å². The number of benzene rings is 1. The second-order valence-corrected chi connectivity index (χ2v) is 7.93. The fourth-order valence-corrected chi connectivity index (χ4v) is 3.70. The molecular weight excluding hydrogens is 326 g/mol. The molecule has 3 rings (SSSR count). The summed E-state index contributed by atoms with van der Waals surface area (Å²) in [5.74, 6) is -0.0168. The van der Waals surface area contributed by atoms with Gasteiger partial charge in [-0.2, -0.15) is 0 Å². The van der Waals surface area contributed by atoms with Crippen LogP contribution in [0.2, 0.25) is 0 Å². The highest BCUT2D eigenvalue weighted by Crippen LogP contribution is 2.36. The molecule has 1 amide bonds. The van der Waals surface area contributed by atoms with Gasteiger partial charge >= 0.3 is 0 Å². The molecule has 0 spiro atoms. The van der Waals surface area contributed by atoms with Crippen LogP contribution in [0.15, 0.2) is 30.3 Å². The summed E-state index contributed by atoms with van der Waals surface area (Å²) in [6.45, 7) is 7.27. The summed E-state index contributed by atoms with van der Waals surface area (Å²) < 4.78 is 0. The summed E-state index contributed by atoms with van der Waals surface area (Å²) >= 11 is 0. The molecule has 1 heterocycles. The summed E-state index contributed by atoms with van der Waals surface area (Å²) in [4.78, 5) is 30.4. The third-order valence-electron chi connectivity index (χ3n) is 5.06. The van der Waals surface area contributed by atoms with Crippen molar-refractivity contribution < 1.29 is 9.59 Å². The van der Waals surface area contributed by atoms with E-state index in [9.17, 15) is 9.59 Å². The third kappa shape index (κ3) is 3.66. The van der Waals surface area contributed by atoms with E-state index in [0.717, 1.165) is 28.9 Å². The molecule has 5 nitrogen and oxygen atoms in total. The summed E-state index contributed by atoms with van der Waals surface area (Å²) in [6, 6.07) is 10.1. The van der Waals surface area contributed by atoms with Crippen LogP contribution < -0.4 is 10.2 Å². The third-order valence-corrected chi connectivity index (χ3v) is 5.06. The van der Waals surface area contributed by atoms with Crippen LogP contribution in [0.1, 0.15) is 52.4 Å². The maximum absolute atomic E-state index is 12.6. The number of para-hydroxylation sites is 1. The van der Waals surface area contributed by atoms with E-state index < -0.39 is 0 Å². The van der Waals surface area contributed by atoms with Crippen LogP contribution in [0.4, 0.5) is 5.69 Å². The number of Topliss-reactive ketones (excluding diaryl/α,β-unsaturated/α-hetero) is 1. The molecule has 0 radical (unpaired) electrons. The molecule has 2 N–H and O–H groups in total. The Bertz CT molecular complexity index is 821. The van der Waals surface area contributed by atoms with E-state index in [1.54, 1.807) is 0 Å². The van der Waals surface area contributed by atoms with Crippen LogP contribution >= 0.6 is 0 Å². The van der Waals surface area contributed by atoms with Gasteiger partial charge in [0.25, 0.3) is 5.91 Å².